The van der Waals surface area contributed by atoms with Crippen LogP contribution < -0.4 is 14.8 Å². The van der Waals surface area contributed by atoms with E-state index in [-0.39, 0.29) is 5.91 Å². The quantitative estimate of drug-likeness (QED) is 0.875. The van der Waals surface area contributed by atoms with E-state index in [1.165, 1.54) is 0 Å². The van der Waals surface area contributed by atoms with Gasteiger partial charge < -0.3 is 14.8 Å². The number of nitrogens with one attached hydrogen (secondary N) is 1. The van der Waals surface area contributed by atoms with E-state index in [1.54, 1.807) is 24.3 Å². The largest absolute Gasteiger partial charge is 0.494 e. The molecule has 0 radical (unpaired) electrons. The van der Waals surface area contributed by atoms with Gasteiger partial charge in [0.1, 0.15) is 11.5 Å². The lowest BCUT2D eigenvalue weighted by Gasteiger charge is -2.13. The van der Waals surface area contributed by atoms with Crippen LogP contribution in [0.3, 0.4) is 0 Å². The fraction of sp³-hybridized carbons (Fsp3) is 0.278. The number of carbonyl (C=O) groups is 1. The highest BCUT2D eigenvalue weighted by molar-refractivity contribution is 6.05. The van der Waals surface area contributed by atoms with Crippen molar-refractivity contribution >= 4 is 11.6 Å². The second kappa shape index (κ2) is 7.50. The van der Waals surface area contributed by atoms with Crippen LogP contribution in [0, 0.1) is 6.92 Å². The number of rotatable bonds is 6. The predicted octanol–water partition coefficient (Wildman–Crippen LogP) is 4.04. The van der Waals surface area contributed by atoms with Crippen LogP contribution in [0.4, 0.5) is 5.69 Å². The zero-order valence-corrected chi connectivity index (χ0v) is 13.2. The second-order valence-corrected chi connectivity index (χ2v) is 4.84. The second-order valence-electron chi connectivity index (χ2n) is 4.84. The van der Waals surface area contributed by atoms with Gasteiger partial charge in [-0.25, -0.2) is 0 Å². The fourth-order valence-electron chi connectivity index (χ4n) is 2.04. The third-order valence-electron chi connectivity index (χ3n) is 3.12. The van der Waals surface area contributed by atoms with Crippen LogP contribution in [0.5, 0.6) is 11.5 Å². The number of ether oxygens (including phenoxy) is 2. The first-order valence-electron chi connectivity index (χ1n) is 7.41. The minimum atomic E-state index is -0.172. The molecule has 2 aromatic carbocycles. The van der Waals surface area contributed by atoms with Gasteiger partial charge in [0.05, 0.1) is 18.9 Å². The Labute approximate surface area is 131 Å². The average molecular weight is 299 g/mol. The lowest BCUT2D eigenvalue weighted by atomic mass is 10.1. The summed E-state index contributed by atoms with van der Waals surface area (Å²) in [6.07, 6.45) is 0. The van der Waals surface area contributed by atoms with Gasteiger partial charge in [-0.15, -0.1) is 0 Å². The van der Waals surface area contributed by atoms with Crippen LogP contribution in [0.2, 0.25) is 0 Å². The van der Waals surface area contributed by atoms with E-state index in [2.05, 4.69) is 5.32 Å². The molecule has 0 saturated carbocycles. The average Bonchev–Trinajstić information content (AvgIpc) is 2.51. The summed E-state index contributed by atoms with van der Waals surface area (Å²) < 4.78 is 11.0. The Morgan fingerprint density at radius 3 is 2.32 bits per heavy atom. The summed E-state index contributed by atoms with van der Waals surface area (Å²) in [7, 11) is 0. The zero-order chi connectivity index (χ0) is 15.9. The monoisotopic (exact) mass is 299 g/mol. The van der Waals surface area contributed by atoms with Crippen molar-refractivity contribution in [2.75, 3.05) is 18.5 Å². The third kappa shape index (κ3) is 4.01. The molecule has 22 heavy (non-hydrogen) atoms. The topological polar surface area (TPSA) is 47.6 Å². The molecule has 0 aliphatic heterocycles. The fourth-order valence-corrected chi connectivity index (χ4v) is 2.04. The van der Waals surface area contributed by atoms with Gasteiger partial charge in [0, 0.05) is 11.6 Å². The van der Waals surface area contributed by atoms with E-state index in [9.17, 15) is 4.79 Å². The molecular weight excluding hydrogens is 278 g/mol. The third-order valence-corrected chi connectivity index (χ3v) is 3.12. The molecule has 0 unspecified atom stereocenters. The van der Waals surface area contributed by atoms with Crippen LogP contribution in [0.15, 0.2) is 42.5 Å². The maximum absolute atomic E-state index is 12.3. The number of aryl methyl sites for hydroxylation is 1. The lowest BCUT2D eigenvalue weighted by Crippen LogP contribution is -2.13. The molecule has 0 heterocycles. The van der Waals surface area contributed by atoms with Gasteiger partial charge in [-0.2, -0.15) is 0 Å². The van der Waals surface area contributed by atoms with Crippen molar-refractivity contribution in [2.45, 2.75) is 20.8 Å². The minimum absolute atomic E-state index is 0.172. The number of hydrogen-bond acceptors (Lipinski definition) is 3. The van der Waals surface area contributed by atoms with Crippen molar-refractivity contribution in [3.05, 3.63) is 53.6 Å². The van der Waals surface area contributed by atoms with Gasteiger partial charge in [0.15, 0.2) is 0 Å². The summed E-state index contributed by atoms with van der Waals surface area (Å²) in [5.74, 6) is 1.16. The van der Waals surface area contributed by atoms with E-state index in [0.717, 1.165) is 5.56 Å². The molecular formula is C18H21NO3. The summed E-state index contributed by atoms with van der Waals surface area (Å²) in [4.78, 5) is 12.3. The van der Waals surface area contributed by atoms with Crippen LogP contribution in [-0.2, 0) is 0 Å². The number of benzene rings is 2. The Kier molecular flexibility index (Phi) is 5.42. The number of amides is 1. The summed E-state index contributed by atoms with van der Waals surface area (Å²) in [5.41, 5.74) is 2.33. The zero-order valence-electron chi connectivity index (χ0n) is 13.2. The lowest BCUT2D eigenvalue weighted by molar-refractivity contribution is 0.102. The molecule has 0 spiro atoms. The molecule has 2 aromatic rings. The molecule has 0 aromatic heterocycles. The first-order chi connectivity index (χ1) is 10.6. The highest BCUT2D eigenvalue weighted by Gasteiger charge is 2.11. The highest BCUT2D eigenvalue weighted by atomic mass is 16.5. The van der Waals surface area contributed by atoms with Crippen molar-refractivity contribution in [3.8, 4) is 11.5 Å². The summed E-state index contributed by atoms with van der Waals surface area (Å²) in [6, 6.07) is 12.8. The Hall–Kier alpha value is -2.49. The molecule has 1 amide bonds. The first kappa shape index (κ1) is 15.9. The minimum Gasteiger partial charge on any atom is -0.494 e. The Morgan fingerprint density at radius 2 is 1.68 bits per heavy atom. The number of hydrogen-bond donors (Lipinski definition) is 1. The molecule has 116 valence electrons. The van der Waals surface area contributed by atoms with E-state index in [1.807, 2.05) is 39.0 Å². The highest BCUT2D eigenvalue weighted by Crippen LogP contribution is 2.29. The SMILES string of the molecule is CCOc1ccc(OCC)c(NC(=O)c2ccc(C)cc2)c1. The maximum Gasteiger partial charge on any atom is 0.255 e. The normalized spacial score (nSPS) is 10.1. The molecule has 0 fully saturated rings. The van der Waals surface area contributed by atoms with E-state index in [0.29, 0.717) is 36.0 Å². The summed E-state index contributed by atoms with van der Waals surface area (Å²) >= 11 is 0. The molecule has 0 aliphatic carbocycles. The molecule has 0 aliphatic rings. The van der Waals surface area contributed by atoms with E-state index in [4.69, 9.17) is 9.47 Å². The molecule has 1 N–H and O–H groups in total. The van der Waals surface area contributed by atoms with Gasteiger partial charge >= 0.3 is 0 Å². The van der Waals surface area contributed by atoms with Crippen molar-refractivity contribution < 1.29 is 14.3 Å². The van der Waals surface area contributed by atoms with Crippen LogP contribution >= 0.6 is 0 Å². The first-order valence-corrected chi connectivity index (χ1v) is 7.41. The van der Waals surface area contributed by atoms with Crippen molar-refractivity contribution in [3.63, 3.8) is 0 Å². The summed E-state index contributed by atoms with van der Waals surface area (Å²) in [5, 5.41) is 2.89. The molecule has 0 saturated heterocycles. The standard InChI is InChI=1S/C18H21NO3/c1-4-21-15-10-11-17(22-5-2)16(12-15)19-18(20)14-8-6-13(3)7-9-14/h6-12H,4-5H2,1-3H3,(H,19,20). The Morgan fingerprint density at radius 1 is 1.00 bits per heavy atom. The van der Waals surface area contributed by atoms with Crippen molar-refractivity contribution in [2.24, 2.45) is 0 Å². The number of carbonyl (C=O) groups excluding carboxylic acids is 1. The van der Waals surface area contributed by atoms with Crippen LogP contribution in [0.25, 0.3) is 0 Å². The number of anilines is 1. The maximum atomic E-state index is 12.3. The summed E-state index contributed by atoms with van der Waals surface area (Å²) in [6.45, 7) is 6.91. The van der Waals surface area contributed by atoms with E-state index >= 15 is 0 Å². The smallest absolute Gasteiger partial charge is 0.255 e. The molecule has 0 bridgehead atoms. The van der Waals surface area contributed by atoms with Gasteiger partial charge in [0.25, 0.3) is 5.91 Å². The molecule has 0 atom stereocenters. The van der Waals surface area contributed by atoms with E-state index < -0.39 is 0 Å². The van der Waals surface area contributed by atoms with Crippen LogP contribution in [0.1, 0.15) is 29.8 Å². The van der Waals surface area contributed by atoms with Crippen molar-refractivity contribution in [1.29, 1.82) is 0 Å². The van der Waals surface area contributed by atoms with Gasteiger partial charge in [-0.3, -0.25) is 4.79 Å². The predicted molar refractivity (Wildman–Crippen MR) is 87.9 cm³/mol. The Bertz CT molecular complexity index is 635. The van der Waals surface area contributed by atoms with Crippen molar-refractivity contribution in [1.82, 2.24) is 0 Å². The van der Waals surface area contributed by atoms with Gasteiger partial charge in [-0.05, 0) is 45.0 Å². The van der Waals surface area contributed by atoms with Gasteiger partial charge in [-0.1, -0.05) is 17.7 Å². The van der Waals surface area contributed by atoms with Gasteiger partial charge in [0.2, 0.25) is 0 Å². The Balaban J connectivity index is 2.23. The molecule has 4 nitrogen and oxygen atoms in total. The molecule has 2 rings (SSSR count). The molecule has 4 heteroatoms. The van der Waals surface area contributed by atoms with Crippen LogP contribution in [-0.4, -0.2) is 19.1 Å².